The number of carboxylic acids is 1. The van der Waals surface area contributed by atoms with Crippen LogP contribution in [0.25, 0.3) is 0 Å². The van der Waals surface area contributed by atoms with E-state index in [9.17, 15) is 9.59 Å². The molecule has 0 saturated heterocycles. The molecule has 0 heterocycles. The SMILES string of the molecule is CC(C)=CCC(CC(=O)c1ccccc1)c1ccc(C(=O)O)cc1. The molecule has 1 atom stereocenters. The normalized spacial score (nSPS) is 11.6. The van der Waals surface area contributed by atoms with Crippen LogP contribution in [-0.4, -0.2) is 16.9 Å². The number of carbonyl (C=O) groups is 2. The lowest BCUT2D eigenvalue weighted by Crippen LogP contribution is -2.08. The molecule has 0 bridgehead atoms. The Hall–Kier alpha value is -2.68. The number of carboxylic acid groups (broad SMARTS) is 1. The highest BCUT2D eigenvalue weighted by atomic mass is 16.4. The van der Waals surface area contributed by atoms with Gasteiger partial charge in [0, 0.05) is 12.0 Å². The topological polar surface area (TPSA) is 54.4 Å². The van der Waals surface area contributed by atoms with Crippen LogP contribution in [0.2, 0.25) is 0 Å². The van der Waals surface area contributed by atoms with Gasteiger partial charge >= 0.3 is 5.97 Å². The summed E-state index contributed by atoms with van der Waals surface area (Å²) in [5.74, 6) is -0.803. The fraction of sp³-hybridized carbons (Fsp3) is 0.238. The van der Waals surface area contributed by atoms with Gasteiger partial charge in [0.25, 0.3) is 0 Å². The number of ketones is 1. The van der Waals surface area contributed by atoms with E-state index in [0.29, 0.717) is 12.0 Å². The Balaban J connectivity index is 2.22. The van der Waals surface area contributed by atoms with Gasteiger partial charge in [0.1, 0.15) is 0 Å². The molecule has 2 aromatic rings. The molecule has 0 aliphatic carbocycles. The van der Waals surface area contributed by atoms with Gasteiger partial charge in [0.05, 0.1) is 5.56 Å². The number of Topliss-reactive ketones (excluding diaryl/α,β-unsaturated/α-hetero) is 1. The lowest BCUT2D eigenvalue weighted by molar-refractivity contribution is 0.0696. The maximum Gasteiger partial charge on any atom is 0.335 e. The van der Waals surface area contributed by atoms with Gasteiger partial charge in [-0.25, -0.2) is 4.79 Å². The van der Waals surface area contributed by atoms with E-state index in [2.05, 4.69) is 6.08 Å². The summed E-state index contributed by atoms with van der Waals surface area (Å²) in [6.45, 7) is 4.06. The Morgan fingerprint density at radius 2 is 1.58 bits per heavy atom. The maximum absolute atomic E-state index is 12.5. The summed E-state index contributed by atoms with van der Waals surface area (Å²) in [5.41, 5.74) is 3.16. The number of hydrogen-bond acceptors (Lipinski definition) is 2. The summed E-state index contributed by atoms with van der Waals surface area (Å²) in [6.07, 6.45) is 3.28. The third kappa shape index (κ3) is 4.92. The van der Waals surface area contributed by atoms with Crippen molar-refractivity contribution in [3.63, 3.8) is 0 Å². The van der Waals surface area contributed by atoms with Gasteiger partial charge in [0.15, 0.2) is 5.78 Å². The summed E-state index contributed by atoms with van der Waals surface area (Å²) < 4.78 is 0. The van der Waals surface area contributed by atoms with Crippen molar-refractivity contribution in [2.75, 3.05) is 0 Å². The van der Waals surface area contributed by atoms with E-state index >= 15 is 0 Å². The highest BCUT2D eigenvalue weighted by Crippen LogP contribution is 2.27. The molecule has 0 radical (unpaired) electrons. The number of carbonyl (C=O) groups excluding carboxylic acids is 1. The smallest absolute Gasteiger partial charge is 0.335 e. The van der Waals surface area contributed by atoms with Crippen LogP contribution in [0.4, 0.5) is 0 Å². The van der Waals surface area contributed by atoms with E-state index in [0.717, 1.165) is 12.0 Å². The number of rotatable bonds is 7. The van der Waals surface area contributed by atoms with Gasteiger partial charge in [0.2, 0.25) is 0 Å². The molecule has 2 rings (SSSR count). The second kappa shape index (κ2) is 8.25. The van der Waals surface area contributed by atoms with Crippen LogP contribution in [0.5, 0.6) is 0 Å². The largest absolute Gasteiger partial charge is 0.478 e. The third-order valence-electron chi connectivity index (χ3n) is 3.97. The van der Waals surface area contributed by atoms with Gasteiger partial charge in [-0.2, -0.15) is 0 Å². The molecule has 0 aliphatic rings. The van der Waals surface area contributed by atoms with Gasteiger partial charge in [-0.05, 0) is 43.9 Å². The van der Waals surface area contributed by atoms with Crippen molar-refractivity contribution in [1.29, 1.82) is 0 Å². The molecule has 0 aromatic heterocycles. The summed E-state index contributed by atoms with van der Waals surface area (Å²) >= 11 is 0. The van der Waals surface area contributed by atoms with E-state index < -0.39 is 5.97 Å². The molecule has 1 unspecified atom stereocenters. The molecule has 0 amide bonds. The average molecular weight is 322 g/mol. The first-order chi connectivity index (χ1) is 11.5. The van der Waals surface area contributed by atoms with Crippen LogP contribution in [0.3, 0.4) is 0 Å². The molecule has 0 fully saturated rings. The Morgan fingerprint density at radius 1 is 0.958 bits per heavy atom. The number of allylic oxidation sites excluding steroid dienone is 2. The van der Waals surface area contributed by atoms with Crippen LogP contribution in [0.1, 0.15) is 58.9 Å². The van der Waals surface area contributed by atoms with Crippen molar-refractivity contribution in [3.8, 4) is 0 Å². The van der Waals surface area contributed by atoms with E-state index in [1.54, 1.807) is 12.1 Å². The second-order valence-corrected chi connectivity index (χ2v) is 6.13. The first-order valence-electron chi connectivity index (χ1n) is 8.02. The van der Waals surface area contributed by atoms with Crippen molar-refractivity contribution in [2.24, 2.45) is 0 Å². The third-order valence-corrected chi connectivity index (χ3v) is 3.97. The summed E-state index contributed by atoms with van der Waals surface area (Å²) in [6, 6.07) is 16.1. The van der Waals surface area contributed by atoms with Gasteiger partial charge in [-0.15, -0.1) is 0 Å². The van der Waals surface area contributed by atoms with Crippen LogP contribution >= 0.6 is 0 Å². The van der Waals surface area contributed by atoms with Crippen LogP contribution in [0, 0.1) is 0 Å². The van der Waals surface area contributed by atoms with E-state index in [1.165, 1.54) is 5.57 Å². The predicted octanol–water partition coefficient (Wildman–Crippen LogP) is 5.10. The maximum atomic E-state index is 12.5. The van der Waals surface area contributed by atoms with Gasteiger partial charge in [-0.1, -0.05) is 54.1 Å². The molecule has 1 N–H and O–H groups in total. The van der Waals surface area contributed by atoms with E-state index in [-0.39, 0.29) is 17.3 Å². The summed E-state index contributed by atoms with van der Waals surface area (Å²) in [7, 11) is 0. The van der Waals surface area contributed by atoms with E-state index in [4.69, 9.17) is 5.11 Å². The summed E-state index contributed by atoms with van der Waals surface area (Å²) in [4.78, 5) is 23.5. The van der Waals surface area contributed by atoms with Gasteiger partial charge < -0.3 is 5.11 Å². The van der Waals surface area contributed by atoms with Crippen molar-refractivity contribution >= 4 is 11.8 Å². The molecule has 0 saturated carbocycles. The highest BCUT2D eigenvalue weighted by molar-refractivity contribution is 5.96. The van der Waals surface area contributed by atoms with Crippen LogP contribution < -0.4 is 0 Å². The first kappa shape index (κ1) is 17.7. The van der Waals surface area contributed by atoms with Crippen molar-refractivity contribution in [2.45, 2.75) is 32.6 Å². The Labute approximate surface area is 142 Å². The van der Waals surface area contributed by atoms with E-state index in [1.807, 2.05) is 56.3 Å². The summed E-state index contributed by atoms with van der Waals surface area (Å²) in [5, 5.41) is 9.02. The Morgan fingerprint density at radius 3 is 2.12 bits per heavy atom. The minimum Gasteiger partial charge on any atom is -0.478 e. The number of hydrogen-bond donors (Lipinski definition) is 1. The zero-order valence-electron chi connectivity index (χ0n) is 14.0. The Bertz CT molecular complexity index is 723. The minimum absolute atomic E-state index is 0.0375. The fourth-order valence-electron chi connectivity index (χ4n) is 2.58. The molecule has 3 heteroatoms. The molecule has 124 valence electrons. The zero-order chi connectivity index (χ0) is 17.5. The van der Waals surface area contributed by atoms with Crippen molar-refractivity contribution in [3.05, 3.63) is 82.9 Å². The predicted molar refractivity (Wildman–Crippen MR) is 95.6 cm³/mol. The minimum atomic E-state index is -0.942. The van der Waals surface area contributed by atoms with Crippen molar-refractivity contribution in [1.82, 2.24) is 0 Å². The molecular weight excluding hydrogens is 300 g/mol. The molecular formula is C21H22O3. The highest BCUT2D eigenvalue weighted by Gasteiger charge is 2.17. The van der Waals surface area contributed by atoms with Crippen LogP contribution in [-0.2, 0) is 0 Å². The molecule has 3 nitrogen and oxygen atoms in total. The van der Waals surface area contributed by atoms with Crippen LogP contribution in [0.15, 0.2) is 66.2 Å². The number of aromatic carboxylic acids is 1. The molecule has 2 aromatic carbocycles. The Kier molecular flexibility index (Phi) is 6.07. The monoisotopic (exact) mass is 322 g/mol. The molecule has 0 aliphatic heterocycles. The number of benzene rings is 2. The lowest BCUT2D eigenvalue weighted by atomic mass is 9.88. The molecule has 24 heavy (non-hydrogen) atoms. The zero-order valence-corrected chi connectivity index (χ0v) is 14.0. The fourth-order valence-corrected chi connectivity index (χ4v) is 2.58. The average Bonchev–Trinajstić information content (AvgIpc) is 2.59. The van der Waals surface area contributed by atoms with Gasteiger partial charge in [-0.3, -0.25) is 4.79 Å². The lowest BCUT2D eigenvalue weighted by Gasteiger charge is -2.16. The first-order valence-corrected chi connectivity index (χ1v) is 8.02. The quantitative estimate of drug-likeness (QED) is 0.570. The standard InChI is InChI=1S/C21H22O3/c1-15(2)8-9-19(14-20(22)17-6-4-3-5-7-17)16-10-12-18(13-11-16)21(23)24/h3-8,10-13,19H,9,14H2,1-2H3,(H,23,24). The second-order valence-electron chi connectivity index (χ2n) is 6.13. The van der Waals surface area contributed by atoms with Crippen molar-refractivity contribution < 1.29 is 14.7 Å². The molecule has 0 spiro atoms.